The quantitative estimate of drug-likeness (QED) is 0.872. The number of piperidine rings is 1. The predicted octanol–water partition coefficient (Wildman–Crippen LogP) is 1.25. The minimum absolute atomic E-state index is 0.0467. The van der Waals surface area contributed by atoms with Crippen LogP contribution in [-0.4, -0.2) is 36.6 Å². The van der Waals surface area contributed by atoms with Crippen molar-refractivity contribution in [1.82, 2.24) is 10.6 Å². The van der Waals surface area contributed by atoms with Crippen molar-refractivity contribution >= 4 is 11.8 Å². The smallest absolute Gasteiger partial charge is 0.251 e. The Balaban J connectivity index is 1.74. The Morgan fingerprint density at radius 3 is 2.96 bits per heavy atom. The summed E-state index contributed by atoms with van der Waals surface area (Å²) in [7, 11) is 0. The Morgan fingerprint density at radius 2 is 2.25 bits per heavy atom. The molecule has 2 aliphatic rings. The Bertz CT molecular complexity index is 695. The predicted molar refractivity (Wildman–Crippen MR) is 82.5 cm³/mol. The molecule has 2 amide bonds. The zero-order valence-corrected chi connectivity index (χ0v) is 13.0. The van der Waals surface area contributed by atoms with E-state index >= 15 is 0 Å². The van der Waals surface area contributed by atoms with E-state index in [2.05, 4.69) is 10.6 Å². The maximum atomic E-state index is 13.4. The van der Waals surface area contributed by atoms with E-state index in [9.17, 15) is 14.0 Å². The SMILES string of the molecule is N#Cc1cc(C(=O)N[C@H]2CCC(=O)N[C@@H]2C2CCCO2)ccc1F. The fourth-order valence-electron chi connectivity index (χ4n) is 3.23. The van der Waals surface area contributed by atoms with Crippen molar-refractivity contribution in [3.05, 3.63) is 35.1 Å². The van der Waals surface area contributed by atoms with Crippen molar-refractivity contribution in [2.24, 2.45) is 0 Å². The number of nitrogens with zero attached hydrogens (tertiary/aromatic N) is 1. The van der Waals surface area contributed by atoms with E-state index in [-0.39, 0.29) is 35.2 Å². The summed E-state index contributed by atoms with van der Waals surface area (Å²) in [6.45, 7) is 0.654. The summed E-state index contributed by atoms with van der Waals surface area (Å²) in [5, 5.41) is 14.7. The molecule has 1 unspecified atom stereocenters. The van der Waals surface area contributed by atoms with Crippen molar-refractivity contribution in [2.45, 2.75) is 43.9 Å². The molecule has 1 aromatic rings. The Morgan fingerprint density at radius 1 is 1.42 bits per heavy atom. The third-order valence-electron chi connectivity index (χ3n) is 4.47. The first-order valence-electron chi connectivity index (χ1n) is 8.00. The summed E-state index contributed by atoms with van der Waals surface area (Å²) >= 11 is 0. The standard InChI is InChI=1S/C17H18FN3O3/c18-12-4-3-10(8-11(12)9-19)17(23)20-13-5-6-15(22)21-16(13)14-2-1-7-24-14/h3-4,8,13-14,16H,1-2,5-7H2,(H,20,23)(H,21,22)/t13-,14?,16-/m0/s1. The fraction of sp³-hybridized carbons (Fsp3) is 0.471. The van der Waals surface area contributed by atoms with E-state index in [1.54, 1.807) is 6.07 Å². The van der Waals surface area contributed by atoms with Gasteiger partial charge in [-0.1, -0.05) is 0 Å². The molecule has 0 spiro atoms. The van der Waals surface area contributed by atoms with E-state index in [1.165, 1.54) is 12.1 Å². The highest BCUT2D eigenvalue weighted by Gasteiger charge is 2.37. The molecule has 3 atom stereocenters. The van der Waals surface area contributed by atoms with Crippen LogP contribution in [0.15, 0.2) is 18.2 Å². The number of benzene rings is 1. The number of halogens is 1. The molecule has 7 heteroatoms. The van der Waals surface area contributed by atoms with Gasteiger partial charge in [0.15, 0.2) is 0 Å². The van der Waals surface area contributed by atoms with Crippen LogP contribution >= 0.6 is 0 Å². The highest BCUT2D eigenvalue weighted by Crippen LogP contribution is 2.23. The zero-order chi connectivity index (χ0) is 17.1. The lowest BCUT2D eigenvalue weighted by molar-refractivity contribution is -0.125. The molecule has 2 heterocycles. The number of hydrogen-bond acceptors (Lipinski definition) is 4. The van der Waals surface area contributed by atoms with Gasteiger partial charge in [0, 0.05) is 18.6 Å². The van der Waals surface area contributed by atoms with Gasteiger partial charge in [0.1, 0.15) is 11.9 Å². The van der Waals surface area contributed by atoms with Gasteiger partial charge in [-0.05, 0) is 37.5 Å². The summed E-state index contributed by atoms with van der Waals surface area (Å²) in [5.74, 6) is -1.10. The lowest BCUT2D eigenvalue weighted by atomic mass is 9.92. The van der Waals surface area contributed by atoms with Crippen molar-refractivity contribution in [3.8, 4) is 6.07 Å². The van der Waals surface area contributed by atoms with Crippen LogP contribution in [0.25, 0.3) is 0 Å². The topological polar surface area (TPSA) is 91.2 Å². The van der Waals surface area contributed by atoms with Crippen LogP contribution in [0.1, 0.15) is 41.6 Å². The molecule has 2 aliphatic heterocycles. The summed E-state index contributed by atoms with van der Waals surface area (Å²) in [6.07, 6.45) is 2.52. The largest absolute Gasteiger partial charge is 0.376 e. The zero-order valence-electron chi connectivity index (χ0n) is 13.0. The van der Waals surface area contributed by atoms with Crippen LogP contribution in [0.5, 0.6) is 0 Å². The van der Waals surface area contributed by atoms with Gasteiger partial charge >= 0.3 is 0 Å². The number of hydrogen-bond donors (Lipinski definition) is 2. The molecule has 0 aromatic heterocycles. The summed E-state index contributed by atoms with van der Waals surface area (Å²) < 4.78 is 19.0. The third kappa shape index (κ3) is 3.39. The van der Waals surface area contributed by atoms with Gasteiger partial charge in [-0.15, -0.1) is 0 Å². The Kier molecular flexibility index (Phi) is 4.76. The second-order valence-electron chi connectivity index (χ2n) is 6.07. The van der Waals surface area contributed by atoms with Crippen LogP contribution in [-0.2, 0) is 9.53 Å². The molecule has 126 valence electrons. The fourth-order valence-corrected chi connectivity index (χ4v) is 3.23. The van der Waals surface area contributed by atoms with Crippen molar-refractivity contribution in [1.29, 1.82) is 5.26 Å². The third-order valence-corrected chi connectivity index (χ3v) is 4.47. The molecule has 2 fully saturated rings. The first-order chi connectivity index (χ1) is 11.6. The normalized spacial score (nSPS) is 26.5. The monoisotopic (exact) mass is 331 g/mol. The number of nitriles is 1. The highest BCUT2D eigenvalue weighted by atomic mass is 19.1. The maximum Gasteiger partial charge on any atom is 0.251 e. The molecule has 0 aliphatic carbocycles. The van der Waals surface area contributed by atoms with Gasteiger partial charge in [-0.3, -0.25) is 9.59 Å². The molecule has 2 N–H and O–H groups in total. The van der Waals surface area contributed by atoms with E-state index in [4.69, 9.17) is 10.00 Å². The van der Waals surface area contributed by atoms with Crippen LogP contribution in [0.3, 0.4) is 0 Å². The number of rotatable bonds is 3. The number of ether oxygens (including phenoxy) is 1. The van der Waals surface area contributed by atoms with Gasteiger partial charge in [0.2, 0.25) is 5.91 Å². The molecule has 0 saturated carbocycles. The molecule has 1 aromatic carbocycles. The molecule has 6 nitrogen and oxygen atoms in total. The first-order valence-corrected chi connectivity index (χ1v) is 8.00. The van der Waals surface area contributed by atoms with Crippen LogP contribution in [0.4, 0.5) is 4.39 Å². The average molecular weight is 331 g/mol. The van der Waals surface area contributed by atoms with Crippen molar-refractivity contribution in [2.75, 3.05) is 6.61 Å². The van der Waals surface area contributed by atoms with E-state index in [0.717, 1.165) is 18.9 Å². The number of carbonyl (C=O) groups is 2. The van der Waals surface area contributed by atoms with Crippen LogP contribution in [0, 0.1) is 17.1 Å². The molecule has 0 bridgehead atoms. The lowest BCUT2D eigenvalue weighted by Crippen LogP contribution is -2.60. The van der Waals surface area contributed by atoms with Gasteiger partial charge in [0.05, 0.1) is 23.8 Å². The van der Waals surface area contributed by atoms with E-state index in [0.29, 0.717) is 19.4 Å². The van der Waals surface area contributed by atoms with Crippen LogP contribution in [0.2, 0.25) is 0 Å². The molecule has 2 saturated heterocycles. The van der Waals surface area contributed by atoms with Gasteiger partial charge < -0.3 is 15.4 Å². The van der Waals surface area contributed by atoms with Crippen LogP contribution < -0.4 is 10.6 Å². The summed E-state index contributed by atoms with van der Waals surface area (Å²) in [4.78, 5) is 24.1. The number of carbonyl (C=O) groups excluding carboxylic acids is 2. The molecular weight excluding hydrogens is 313 g/mol. The molecule has 3 rings (SSSR count). The highest BCUT2D eigenvalue weighted by molar-refractivity contribution is 5.95. The minimum atomic E-state index is -0.656. The second-order valence-corrected chi connectivity index (χ2v) is 6.07. The average Bonchev–Trinajstić information content (AvgIpc) is 3.11. The number of amides is 2. The van der Waals surface area contributed by atoms with Crippen molar-refractivity contribution < 1.29 is 18.7 Å². The molecule has 0 radical (unpaired) electrons. The Hall–Kier alpha value is -2.46. The number of nitrogens with one attached hydrogen (secondary N) is 2. The maximum absolute atomic E-state index is 13.4. The first kappa shape index (κ1) is 16.4. The molecular formula is C17H18FN3O3. The van der Waals surface area contributed by atoms with Gasteiger partial charge in [-0.25, -0.2) is 4.39 Å². The van der Waals surface area contributed by atoms with E-state index < -0.39 is 11.7 Å². The summed E-state index contributed by atoms with van der Waals surface area (Å²) in [6, 6.07) is 4.87. The summed E-state index contributed by atoms with van der Waals surface area (Å²) in [5.41, 5.74) is 0.0474. The van der Waals surface area contributed by atoms with Gasteiger partial charge in [-0.2, -0.15) is 5.26 Å². The Labute approximate surface area is 139 Å². The minimum Gasteiger partial charge on any atom is -0.376 e. The van der Waals surface area contributed by atoms with Crippen molar-refractivity contribution in [3.63, 3.8) is 0 Å². The van der Waals surface area contributed by atoms with Gasteiger partial charge in [0.25, 0.3) is 5.91 Å². The molecule has 24 heavy (non-hydrogen) atoms. The lowest BCUT2D eigenvalue weighted by Gasteiger charge is -2.36. The second kappa shape index (κ2) is 6.97. The van der Waals surface area contributed by atoms with E-state index in [1.807, 2.05) is 0 Å².